The summed E-state index contributed by atoms with van der Waals surface area (Å²) in [6.07, 6.45) is 1.31. The molecule has 1 rings (SSSR count). The van der Waals surface area contributed by atoms with E-state index in [2.05, 4.69) is 0 Å². The topological polar surface area (TPSA) is 73.6 Å². The van der Waals surface area contributed by atoms with Crippen LogP contribution in [0.5, 0.6) is 0 Å². The largest absolute Gasteiger partial charge is 0.463 e. The predicted molar refractivity (Wildman–Crippen MR) is 80.3 cm³/mol. The number of para-hydroxylation sites is 1. The average molecular weight is 311 g/mol. The smallest absolute Gasteiger partial charge is 0.349 e. The molecule has 5 nitrogen and oxygen atoms in total. The third-order valence-corrected chi connectivity index (χ3v) is 3.35. The first kappa shape index (κ1) is 17.3. The quantitative estimate of drug-likeness (QED) is 0.345. The number of nitriles is 1. The van der Waals surface area contributed by atoms with Crippen molar-refractivity contribution in [2.24, 2.45) is 0 Å². The monoisotopic (exact) mass is 310 g/mol. The standard InChI is InChI=1S/C15H19ClN2O3/c1-2-21-14(19)15(12-17,10-6-7-11-16)18(20)13-8-4-3-5-9-13/h3-5,8-9,20H,2,6-7,10-11H2,1H3/t15-/m0/s1. The van der Waals surface area contributed by atoms with E-state index >= 15 is 0 Å². The normalized spacial score (nSPS) is 13.0. The van der Waals surface area contributed by atoms with Crippen molar-refractivity contribution < 1.29 is 14.7 Å². The second-order valence-electron chi connectivity index (χ2n) is 4.49. The van der Waals surface area contributed by atoms with Gasteiger partial charge in [-0.2, -0.15) is 5.26 Å². The molecule has 0 aliphatic rings. The fourth-order valence-corrected chi connectivity index (χ4v) is 2.15. The lowest BCUT2D eigenvalue weighted by Crippen LogP contribution is -2.53. The summed E-state index contributed by atoms with van der Waals surface area (Å²) in [4.78, 5) is 12.2. The van der Waals surface area contributed by atoms with E-state index in [-0.39, 0.29) is 13.0 Å². The molecule has 1 aromatic rings. The lowest BCUT2D eigenvalue weighted by molar-refractivity contribution is -0.150. The fourth-order valence-electron chi connectivity index (χ4n) is 1.96. The average Bonchev–Trinajstić information content (AvgIpc) is 2.52. The molecular weight excluding hydrogens is 292 g/mol. The molecule has 0 aliphatic heterocycles. The van der Waals surface area contributed by atoms with Gasteiger partial charge in [0.15, 0.2) is 0 Å². The zero-order valence-corrected chi connectivity index (χ0v) is 12.7. The highest BCUT2D eigenvalue weighted by atomic mass is 35.5. The number of rotatable bonds is 8. The van der Waals surface area contributed by atoms with E-state index in [9.17, 15) is 15.3 Å². The summed E-state index contributed by atoms with van der Waals surface area (Å²) < 4.78 is 4.98. The molecule has 21 heavy (non-hydrogen) atoms. The van der Waals surface area contributed by atoms with E-state index in [4.69, 9.17) is 16.3 Å². The molecule has 0 fully saturated rings. The predicted octanol–water partition coefficient (Wildman–Crippen LogP) is 3.12. The molecule has 1 aromatic carbocycles. The Hall–Kier alpha value is -1.77. The second kappa shape index (κ2) is 8.50. The van der Waals surface area contributed by atoms with Crippen molar-refractivity contribution in [3.8, 4) is 6.07 Å². The van der Waals surface area contributed by atoms with Crippen molar-refractivity contribution in [2.75, 3.05) is 17.6 Å². The van der Waals surface area contributed by atoms with Crippen LogP contribution >= 0.6 is 11.6 Å². The van der Waals surface area contributed by atoms with Gasteiger partial charge in [-0.15, -0.1) is 11.6 Å². The van der Waals surface area contributed by atoms with E-state index in [0.29, 0.717) is 29.5 Å². The summed E-state index contributed by atoms with van der Waals surface area (Å²) in [6, 6.07) is 10.4. The number of carbonyl (C=O) groups is 1. The molecule has 0 aromatic heterocycles. The summed E-state index contributed by atoms with van der Waals surface area (Å²) in [5.74, 6) is -0.324. The van der Waals surface area contributed by atoms with E-state index in [1.54, 1.807) is 37.3 Å². The zero-order chi connectivity index (χ0) is 15.7. The number of hydrogen-bond donors (Lipinski definition) is 1. The van der Waals surface area contributed by atoms with Gasteiger partial charge in [-0.3, -0.25) is 5.21 Å². The maximum Gasteiger partial charge on any atom is 0.349 e. The molecule has 1 atom stereocenters. The number of halogens is 1. The van der Waals surface area contributed by atoms with Crippen LogP contribution in [0, 0.1) is 11.3 Å². The van der Waals surface area contributed by atoms with Crippen LogP contribution in [0.15, 0.2) is 30.3 Å². The third-order valence-electron chi connectivity index (χ3n) is 3.08. The highest BCUT2D eigenvalue weighted by Gasteiger charge is 2.46. The number of benzene rings is 1. The van der Waals surface area contributed by atoms with Crippen LogP contribution in [-0.4, -0.2) is 29.2 Å². The fraction of sp³-hybridized carbons (Fsp3) is 0.467. The summed E-state index contributed by atoms with van der Waals surface area (Å²) >= 11 is 5.64. The third kappa shape index (κ3) is 4.10. The van der Waals surface area contributed by atoms with Crippen molar-refractivity contribution in [2.45, 2.75) is 31.7 Å². The van der Waals surface area contributed by atoms with Crippen LogP contribution in [0.25, 0.3) is 0 Å². The molecule has 0 amide bonds. The Morgan fingerprint density at radius 3 is 2.62 bits per heavy atom. The van der Waals surface area contributed by atoms with Crippen LogP contribution < -0.4 is 5.06 Å². The van der Waals surface area contributed by atoms with Crippen molar-refractivity contribution >= 4 is 23.3 Å². The molecule has 6 heteroatoms. The van der Waals surface area contributed by atoms with E-state index in [0.717, 1.165) is 0 Å². The van der Waals surface area contributed by atoms with Gasteiger partial charge in [-0.25, -0.2) is 9.86 Å². The molecular formula is C15H19ClN2O3. The van der Waals surface area contributed by atoms with Crippen molar-refractivity contribution in [3.63, 3.8) is 0 Å². The van der Waals surface area contributed by atoms with Gasteiger partial charge in [0, 0.05) is 5.88 Å². The van der Waals surface area contributed by atoms with Crippen molar-refractivity contribution in [1.82, 2.24) is 0 Å². The summed E-state index contributed by atoms with van der Waals surface area (Å²) in [7, 11) is 0. The molecule has 0 aliphatic carbocycles. The van der Waals surface area contributed by atoms with Crippen LogP contribution in [0.1, 0.15) is 26.2 Å². The van der Waals surface area contributed by atoms with Crippen molar-refractivity contribution in [1.29, 1.82) is 5.26 Å². The molecule has 1 N–H and O–H groups in total. The van der Waals surface area contributed by atoms with Crippen LogP contribution in [0.3, 0.4) is 0 Å². The number of unbranched alkanes of at least 4 members (excludes halogenated alkanes) is 1. The molecule has 0 radical (unpaired) electrons. The van der Waals surface area contributed by atoms with Gasteiger partial charge in [-0.1, -0.05) is 18.2 Å². The van der Waals surface area contributed by atoms with E-state index < -0.39 is 11.5 Å². The molecule has 0 saturated heterocycles. The van der Waals surface area contributed by atoms with Crippen LogP contribution in [0.2, 0.25) is 0 Å². The summed E-state index contributed by atoms with van der Waals surface area (Å²) in [6.45, 7) is 1.80. The first-order valence-corrected chi connectivity index (χ1v) is 7.34. The van der Waals surface area contributed by atoms with Gasteiger partial charge in [-0.05, 0) is 38.3 Å². The molecule has 0 unspecified atom stereocenters. The number of ether oxygens (including phenoxy) is 1. The van der Waals surface area contributed by atoms with Gasteiger partial charge in [0.25, 0.3) is 0 Å². The number of hydrogen-bond acceptors (Lipinski definition) is 5. The molecule has 0 heterocycles. The number of carbonyl (C=O) groups excluding carboxylic acids is 1. The highest BCUT2D eigenvalue weighted by Crippen LogP contribution is 2.28. The van der Waals surface area contributed by atoms with E-state index in [1.807, 2.05) is 6.07 Å². The molecule has 0 bridgehead atoms. The number of alkyl halides is 1. The van der Waals surface area contributed by atoms with Gasteiger partial charge < -0.3 is 4.74 Å². The van der Waals surface area contributed by atoms with Crippen LogP contribution in [-0.2, 0) is 9.53 Å². The lowest BCUT2D eigenvalue weighted by atomic mass is 9.93. The number of anilines is 1. The SMILES string of the molecule is CCOC(=O)[C@@](C#N)(CCCCCl)N(O)c1ccccc1. The van der Waals surface area contributed by atoms with Crippen LogP contribution in [0.4, 0.5) is 5.69 Å². The highest BCUT2D eigenvalue weighted by molar-refractivity contribution is 6.17. The first-order valence-electron chi connectivity index (χ1n) is 6.81. The summed E-state index contributed by atoms with van der Waals surface area (Å²) in [5, 5.41) is 20.6. The maximum atomic E-state index is 12.2. The minimum Gasteiger partial charge on any atom is -0.463 e. The Labute approximate surface area is 129 Å². The maximum absolute atomic E-state index is 12.2. The Morgan fingerprint density at radius 2 is 2.10 bits per heavy atom. The number of esters is 1. The van der Waals surface area contributed by atoms with Gasteiger partial charge in [0.05, 0.1) is 12.3 Å². The second-order valence-corrected chi connectivity index (χ2v) is 4.86. The minimum absolute atomic E-state index is 0.139. The Bertz CT molecular complexity index is 489. The first-order chi connectivity index (χ1) is 10.1. The van der Waals surface area contributed by atoms with Crippen molar-refractivity contribution in [3.05, 3.63) is 30.3 Å². The molecule has 0 saturated carbocycles. The zero-order valence-electron chi connectivity index (χ0n) is 12.0. The lowest BCUT2D eigenvalue weighted by Gasteiger charge is -2.33. The van der Waals surface area contributed by atoms with Gasteiger partial charge >= 0.3 is 5.97 Å². The number of nitrogens with zero attached hydrogens (tertiary/aromatic N) is 2. The number of hydroxylamine groups is 1. The van der Waals surface area contributed by atoms with Gasteiger partial charge in [0.1, 0.15) is 6.07 Å². The summed E-state index contributed by atoms with van der Waals surface area (Å²) in [5.41, 5.74) is -1.40. The molecule has 114 valence electrons. The van der Waals surface area contributed by atoms with Gasteiger partial charge in [0.2, 0.25) is 5.54 Å². The Kier molecular flexibility index (Phi) is 7.00. The Morgan fingerprint density at radius 1 is 1.43 bits per heavy atom. The minimum atomic E-state index is -1.76. The Balaban J connectivity index is 3.10. The van der Waals surface area contributed by atoms with E-state index in [1.165, 1.54) is 0 Å². The molecule has 0 spiro atoms.